The van der Waals surface area contributed by atoms with Gasteiger partial charge in [-0.1, -0.05) is 0 Å². The third-order valence-corrected chi connectivity index (χ3v) is 3.48. The van der Waals surface area contributed by atoms with Crippen molar-refractivity contribution >= 4 is 33.2 Å². The minimum Gasteiger partial charge on any atom is -0.396 e. The molecule has 92 valence electrons. The summed E-state index contributed by atoms with van der Waals surface area (Å²) in [5.74, 6) is -0.710. The summed E-state index contributed by atoms with van der Waals surface area (Å²) in [5, 5.41) is 9.03. The average molecular weight is 303 g/mol. The van der Waals surface area contributed by atoms with Gasteiger partial charge in [-0.3, -0.25) is 4.79 Å². The fourth-order valence-corrected chi connectivity index (χ4v) is 2.35. The average Bonchev–Trinajstić information content (AvgIpc) is 2.65. The smallest absolute Gasteiger partial charge is 0.227 e. The quantitative estimate of drug-likeness (QED) is 0.814. The summed E-state index contributed by atoms with van der Waals surface area (Å²) in [4.78, 5) is 13.2. The molecule has 1 fully saturated rings. The van der Waals surface area contributed by atoms with Crippen LogP contribution in [0, 0.1) is 11.7 Å². The van der Waals surface area contributed by atoms with Crippen LogP contribution in [0.5, 0.6) is 0 Å². The molecule has 0 spiro atoms. The number of rotatable bonds is 2. The van der Waals surface area contributed by atoms with E-state index in [9.17, 15) is 9.18 Å². The number of nitrogens with two attached hydrogens (primary N) is 1. The van der Waals surface area contributed by atoms with Crippen molar-refractivity contribution in [1.82, 2.24) is 0 Å². The fraction of sp³-hybridized carbons (Fsp3) is 0.364. The summed E-state index contributed by atoms with van der Waals surface area (Å²) >= 11 is 3.14. The number of amides is 1. The number of aliphatic hydroxyl groups is 1. The molecule has 4 nitrogen and oxygen atoms in total. The Balaban J connectivity index is 2.38. The summed E-state index contributed by atoms with van der Waals surface area (Å²) in [6.07, 6.45) is 0.268. The maximum absolute atomic E-state index is 13.3. The van der Waals surface area contributed by atoms with Crippen molar-refractivity contribution in [3.05, 3.63) is 22.4 Å². The van der Waals surface area contributed by atoms with Gasteiger partial charge in [0.2, 0.25) is 5.91 Å². The SMILES string of the molecule is Nc1c(Br)cc(F)cc1N1CC(CO)CC1=O. The second-order valence-corrected chi connectivity index (χ2v) is 4.93. The first-order valence-corrected chi connectivity index (χ1v) is 5.98. The Morgan fingerprint density at radius 2 is 2.29 bits per heavy atom. The van der Waals surface area contributed by atoms with E-state index < -0.39 is 5.82 Å². The number of halogens is 2. The molecule has 1 heterocycles. The van der Waals surface area contributed by atoms with Crippen LogP contribution in [0.3, 0.4) is 0 Å². The van der Waals surface area contributed by atoms with Gasteiger partial charge in [-0.2, -0.15) is 0 Å². The lowest BCUT2D eigenvalue weighted by atomic mass is 10.1. The van der Waals surface area contributed by atoms with Gasteiger partial charge >= 0.3 is 0 Å². The number of aliphatic hydroxyl groups excluding tert-OH is 1. The van der Waals surface area contributed by atoms with Gasteiger partial charge in [0.1, 0.15) is 5.82 Å². The van der Waals surface area contributed by atoms with Crippen LogP contribution in [0.4, 0.5) is 15.8 Å². The Labute approximate surface area is 106 Å². The van der Waals surface area contributed by atoms with E-state index in [0.717, 1.165) is 0 Å². The molecular formula is C11H12BrFN2O2. The molecule has 1 amide bonds. The zero-order chi connectivity index (χ0) is 12.6. The van der Waals surface area contributed by atoms with E-state index in [0.29, 0.717) is 22.4 Å². The highest BCUT2D eigenvalue weighted by atomic mass is 79.9. The van der Waals surface area contributed by atoms with Crippen LogP contribution in [0.1, 0.15) is 6.42 Å². The van der Waals surface area contributed by atoms with Crippen LogP contribution in [-0.4, -0.2) is 24.2 Å². The Morgan fingerprint density at radius 1 is 1.59 bits per heavy atom. The lowest BCUT2D eigenvalue weighted by molar-refractivity contribution is -0.117. The second kappa shape index (κ2) is 4.62. The highest BCUT2D eigenvalue weighted by molar-refractivity contribution is 9.10. The largest absolute Gasteiger partial charge is 0.396 e. The van der Waals surface area contributed by atoms with Crippen LogP contribution in [0.15, 0.2) is 16.6 Å². The van der Waals surface area contributed by atoms with Crippen molar-refractivity contribution in [1.29, 1.82) is 0 Å². The number of benzene rings is 1. The van der Waals surface area contributed by atoms with E-state index in [1.165, 1.54) is 17.0 Å². The molecule has 1 aromatic carbocycles. The molecule has 0 aliphatic carbocycles. The van der Waals surface area contributed by atoms with Gasteiger partial charge in [0.05, 0.1) is 11.4 Å². The van der Waals surface area contributed by atoms with E-state index in [1.54, 1.807) is 0 Å². The Morgan fingerprint density at radius 3 is 2.88 bits per heavy atom. The minimum absolute atomic E-state index is 0.0569. The molecule has 0 radical (unpaired) electrons. The molecule has 6 heteroatoms. The monoisotopic (exact) mass is 302 g/mol. The number of hydrogen-bond donors (Lipinski definition) is 2. The molecule has 1 aliphatic heterocycles. The summed E-state index contributed by atoms with van der Waals surface area (Å²) < 4.78 is 13.7. The normalized spacial score (nSPS) is 20.1. The summed E-state index contributed by atoms with van der Waals surface area (Å²) in [5.41, 5.74) is 6.50. The van der Waals surface area contributed by atoms with Gasteiger partial charge in [-0.05, 0) is 28.1 Å². The lowest BCUT2D eigenvalue weighted by Gasteiger charge is -2.19. The van der Waals surface area contributed by atoms with E-state index in [4.69, 9.17) is 10.8 Å². The fourth-order valence-electron chi connectivity index (χ4n) is 1.93. The highest BCUT2D eigenvalue weighted by Gasteiger charge is 2.31. The zero-order valence-corrected chi connectivity index (χ0v) is 10.6. The van der Waals surface area contributed by atoms with Gasteiger partial charge in [0.15, 0.2) is 0 Å². The molecule has 1 atom stereocenters. The number of anilines is 2. The van der Waals surface area contributed by atoms with E-state index in [1.807, 2.05) is 0 Å². The number of hydrogen-bond acceptors (Lipinski definition) is 3. The molecule has 3 N–H and O–H groups in total. The number of carbonyl (C=O) groups is 1. The van der Waals surface area contributed by atoms with Gasteiger partial charge in [-0.15, -0.1) is 0 Å². The van der Waals surface area contributed by atoms with Crippen LogP contribution >= 0.6 is 15.9 Å². The number of nitrogen functional groups attached to an aromatic ring is 1. The first kappa shape index (κ1) is 12.3. The van der Waals surface area contributed by atoms with Crippen molar-refractivity contribution in [2.24, 2.45) is 5.92 Å². The minimum atomic E-state index is -0.457. The molecule has 1 unspecified atom stereocenters. The summed E-state index contributed by atoms with van der Waals surface area (Å²) in [7, 11) is 0. The molecule has 2 rings (SSSR count). The molecule has 0 bridgehead atoms. The summed E-state index contributed by atoms with van der Waals surface area (Å²) in [6, 6.07) is 2.49. The van der Waals surface area contributed by atoms with E-state index in [-0.39, 0.29) is 24.9 Å². The third-order valence-electron chi connectivity index (χ3n) is 2.83. The molecule has 0 saturated carbocycles. The van der Waals surface area contributed by atoms with Crippen molar-refractivity contribution < 1.29 is 14.3 Å². The standard InChI is InChI=1S/C11H12BrFN2O2/c12-8-2-7(13)3-9(11(8)14)15-4-6(5-16)1-10(15)17/h2-3,6,16H,1,4-5,14H2. The Kier molecular flexibility index (Phi) is 3.35. The number of carbonyl (C=O) groups excluding carboxylic acids is 1. The molecule has 1 saturated heterocycles. The van der Waals surface area contributed by atoms with E-state index >= 15 is 0 Å². The van der Waals surface area contributed by atoms with Gasteiger partial charge in [-0.25, -0.2) is 4.39 Å². The molecule has 1 aliphatic rings. The van der Waals surface area contributed by atoms with Crippen LogP contribution in [0.25, 0.3) is 0 Å². The molecule has 1 aromatic rings. The zero-order valence-electron chi connectivity index (χ0n) is 8.99. The van der Waals surface area contributed by atoms with Gasteiger partial charge in [0.25, 0.3) is 0 Å². The van der Waals surface area contributed by atoms with Crippen molar-refractivity contribution in [2.75, 3.05) is 23.8 Å². The molecule has 17 heavy (non-hydrogen) atoms. The maximum Gasteiger partial charge on any atom is 0.227 e. The summed E-state index contributed by atoms with van der Waals surface area (Å²) in [6.45, 7) is 0.314. The molecule has 0 aromatic heterocycles. The Bertz CT molecular complexity index is 467. The predicted molar refractivity (Wildman–Crippen MR) is 66.1 cm³/mol. The first-order valence-electron chi connectivity index (χ1n) is 5.18. The topological polar surface area (TPSA) is 66.6 Å². The van der Waals surface area contributed by atoms with Crippen LogP contribution in [-0.2, 0) is 4.79 Å². The van der Waals surface area contributed by atoms with Crippen LogP contribution in [0.2, 0.25) is 0 Å². The maximum atomic E-state index is 13.3. The molecular weight excluding hydrogens is 291 g/mol. The van der Waals surface area contributed by atoms with Gasteiger partial charge < -0.3 is 15.7 Å². The first-order chi connectivity index (χ1) is 8.02. The third kappa shape index (κ3) is 2.28. The number of nitrogens with zero attached hydrogens (tertiary/aromatic N) is 1. The van der Waals surface area contributed by atoms with Crippen molar-refractivity contribution in [3.8, 4) is 0 Å². The lowest BCUT2D eigenvalue weighted by Crippen LogP contribution is -2.26. The van der Waals surface area contributed by atoms with Crippen LogP contribution < -0.4 is 10.6 Å². The Hall–Kier alpha value is -1.14. The van der Waals surface area contributed by atoms with Crippen molar-refractivity contribution in [3.63, 3.8) is 0 Å². The highest BCUT2D eigenvalue weighted by Crippen LogP contribution is 2.35. The second-order valence-electron chi connectivity index (χ2n) is 4.08. The van der Waals surface area contributed by atoms with Crippen molar-refractivity contribution in [2.45, 2.75) is 6.42 Å². The van der Waals surface area contributed by atoms with E-state index in [2.05, 4.69) is 15.9 Å². The predicted octanol–water partition coefficient (Wildman–Crippen LogP) is 1.52. The van der Waals surface area contributed by atoms with Gasteiger partial charge in [0, 0.05) is 30.0 Å².